The second-order valence-corrected chi connectivity index (χ2v) is 5.39. The third-order valence-electron chi connectivity index (χ3n) is 4.05. The molecule has 1 aromatic rings. The number of carbonyl (C=O) groups excluding carboxylic acids is 1. The van der Waals surface area contributed by atoms with Gasteiger partial charge in [-0.2, -0.15) is 0 Å². The monoisotopic (exact) mass is 293 g/mol. The van der Waals surface area contributed by atoms with E-state index < -0.39 is 0 Å². The zero-order valence-corrected chi connectivity index (χ0v) is 12.9. The first-order chi connectivity index (χ1) is 10.1. The molecule has 1 saturated carbocycles. The average molecular weight is 293 g/mol. The third kappa shape index (κ3) is 4.14. The van der Waals surface area contributed by atoms with E-state index in [-0.39, 0.29) is 12.4 Å². The van der Waals surface area contributed by atoms with Crippen LogP contribution in [0.25, 0.3) is 0 Å². The Hall–Kier alpha value is -1.69. The van der Waals surface area contributed by atoms with E-state index in [9.17, 15) is 4.79 Å². The highest BCUT2D eigenvalue weighted by atomic mass is 16.5. The minimum atomic E-state index is -0.292. The SMILES string of the molecule is COC(=O)Cc1ccnc(N(C)C2CCCC(OC)C2)n1. The summed E-state index contributed by atoms with van der Waals surface area (Å²) in [6, 6.07) is 2.12. The normalized spacial score (nSPS) is 21.9. The van der Waals surface area contributed by atoms with Gasteiger partial charge in [-0.25, -0.2) is 9.97 Å². The number of esters is 1. The second kappa shape index (κ2) is 7.36. The fourth-order valence-corrected chi connectivity index (χ4v) is 2.72. The number of rotatable bonds is 5. The Balaban J connectivity index is 2.06. The van der Waals surface area contributed by atoms with Gasteiger partial charge in [0.15, 0.2) is 0 Å². The largest absolute Gasteiger partial charge is 0.469 e. The van der Waals surface area contributed by atoms with Crippen LogP contribution in [0.3, 0.4) is 0 Å². The molecule has 1 aliphatic carbocycles. The number of aromatic nitrogens is 2. The van der Waals surface area contributed by atoms with Gasteiger partial charge in [-0.05, 0) is 31.7 Å². The smallest absolute Gasteiger partial charge is 0.311 e. The molecule has 1 heterocycles. The highest BCUT2D eigenvalue weighted by Crippen LogP contribution is 2.26. The summed E-state index contributed by atoms with van der Waals surface area (Å²) in [6.45, 7) is 0. The third-order valence-corrected chi connectivity index (χ3v) is 4.05. The van der Waals surface area contributed by atoms with Gasteiger partial charge in [-0.15, -0.1) is 0 Å². The molecular weight excluding hydrogens is 270 g/mol. The predicted octanol–water partition coefficient (Wildman–Crippen LogP) is 1.59. The molecular formula is C15H23N3O3. The maximum atomic E-state index is 11.3. The van der Waals surface area contributed by atoms with Crippen molar-refractivity contribution in [1.29, 1.82) is 0 Å². The number of methoxy groups -OCH3 is 2. The van der Waals surface area contributed by atoms with Gasteiger partial charge in [-0.3, -0.25) is 4.79 Å². The number of hydrogen-bond acceptors (Lipinski definition) is 6. The Morgan fingerprint density at radius 3 is 2.95 bits per heavy atom. The summed E-state index contributed by atoms with van der Waals surface area (Å²) in [6.07, 6.45) is 6.53. The quantitative estimate of drug-likeness (QED) is 0.768. The van der Waals surface area contributed by atoms with Gasteiger partial charge < -0.3 is 14.4 Å². The Labute approximate surface area is 125 Å². The van der Waals surface area contributed by atoms with Crippen LogP contribution in [-0.4, -0.2) is 49.4 Å². The van der Waals surface area contributed by atoms with Crippen LogP contribution in [0.5, 0.6) is 0 Å². The van der Waals surface area contributed by atoms with E-state index in [1.807, 2.05) is 7.05 Å². The van der Waals surface area contributed by atoms with Gasteiger partial charge >= 0.3 is 5.97 Å². The van der Waals surface area contributed by atoms with Crippen molar-refractivity contribution in [1.82, 2.24) is 9.97 Å². The van der Waals surface area contributed by atoms with Gasteiger partial charge in [0.2, 0.25) is 5.95 Å². The summed E-state index contributed by atoms with van der Waals surface area (Å²) in [5, 5.41) is 0. The van der Waals surface area contributed by atoms with E-state index in [4.69, 9.17) is 4.74 Å². The van der Waals surface area contributed by atoms with Crippen LogP contribution in [-0.2, 0) is 20.7 Å². The number of hydrogen-bond donors (Lipinski definition) is 0. The number of ether oxygens (including phenoxy) is 2. The fourth-order valence-electron chi connectivity index (χ4n) is 2.72. The van der Waals surface area contributed by atoms with E-state index in [0.717, 1.165) is 25.7 Å². The lowest BCUT2D eigenvalue weighted by Gasteiger charge is -2.34. The van der Waals surface area contributed by atoms with E-state index in [1.54, 1.807) is 19.4 Å². The molecule has 2 rings (SSSR count). The summed E-state index contributed by atoms with van der Waals surface area (Å²) in [4.78, 5) is 22.2. The second-order valence-electron chi connectivity index (χ2n) is 5.39. The first kappa shape index (κ1) is 15.7. The summed E-state index contributed by atoms with van der Waals surface area (Å²) in [7, 11) is 5.14. The standard InChI is InChI=1S/C15H23N3O3/c1-18(12-5-4-6-13(10-12)20-2)15-16-8-7-11(17-15)9-14(19)21-3/h7-8,12-13H,4-6,9-10H2,1-3H3. The first-order valence-corrected chi connectivity index (χ1v) is 7.28. The van der Waals surface area contributed by atoms with Crippen molar-refractivity contribution < 1.29 is 14.3 Å². The maximum Gasteiger partial charge on any atom is 0.311 e. The van der Waals surface area contributed by atoms with Gasteiger partial charge in [0.25, 0.3) is 0 Å². The molecule has 0 aliphatic heterocycles. The van der Waals surface area contributed by atoms with Gasteiger partial charge in [0.1, 0.15) is 0 Å². The average Bonchev–Trinajstić information content (AvgIpc) is 2.54. The molecule has 1 aromatic heterocycles. The van der Waals surface area contributed by atoms with Gasteiger partial charge in [0, 0.05) is 26.4 Å². The van der Waals surface area contributed by atoms with E-state index in [2.05, 4.69) is 19.6 Å². The highest BCUT2D eigenvalue weighted by molar-refractivity contribution is 5.71. The maximum absolute atomic E-state index is 11.3. The lowest BCUT2D eigenvalue weighted by molar-refractivity contribution is -0.139. The zero-order valence-electron chi connectivity index (χ0n) is 12.9. The van der Waals surface area contributed by atoms with Gasteiger partial charge in [-0.1, -0.05) is 0 Å². The van der Waals surface area contributed by atoms with Crippen LogP contribution in [0.2, 0.25) is 0 Å². The molecule has 0 radical (unpaired) electrons. The Kier molecular flexibility index (Phi) is 5.50. The molecule has 0 aromatic carbocycles. The predicted molar refractivity (Wildman–Crippen MR) is 79.2 cm³/mol. The first-order valence-electron chi connectivity index (χ1n) is 7.28. The van der Waals surface area contributed by atoms with E-state index in [0.29, 0.717) is 23.8 Å². The molecule has 0 N–H and O–H groups in total. The lowest BCUT2D eigenvalue weighted by atomic mass is 9.92. The molecule has 0 spiro atoms. The number of nitrogens with zero attached hydrogens (tertiary/aromatic N) is 3. The minimum absolute atomic E-state index is 0.172. The molecule has 6 heteroatoms. The highest BCUT2D eigenvalue weighted by Gasteiger charge is 2.26. The summed E-state index contributed by atoms with van der Waals surface area (Å²) < 4.78 is 10.1. The fraction of sp³-hybridized carbons (Fsp3) is 0.667. The Morgan fingerprint density at radius 2 is 2.24 bits per heavy atom. The Morgan fingerprint density at radius 1 is 1.43 bits per heavy atom. The zero-order chi connectivity index (χ0) is 15.2. The van der Waals surface area contributed by atoms with Crippen LogP contribution in [0.15, 0.2) is 12.3 Å². The van der Waals surface area contributed by atoms with Gasteiger partial charge in [0.05, 0.1) is 25.3 Å². The van der Waals surface area contributed by atoms with Crippen LogP contribution in [0, 0.1) is 0 Å². The Bertz CT molecular complexity index is 481. The van der Waals surface area contributed by atoms with E-state index in [1.165, 1.54) is 7.11 Å². The van der Waals surface area contributed by atoms with Crippen molar-refractivity contribution in [3.63, 3.8) is 0 Å². The summed E-state index contributed by atoms with van der Waals surface area (Å²) in [5.41, 5.74) is 0.679. The summed E-state index contributed by atoms with van der Waals surface area (Å²) >= 11 is 0. The molecule has 0 saturated heterocycles. The topological polar surface area (TPSA) is 64.5 Å². The number of anilines is 1. The van der Waals surface area contributed by atoms with Crippen LogP contribution in [0.4, 0.5) is 5.95 Å². The molecule has 6 nitrogen and oxygen atoms in total. The summed E-state index contributed by atoms with van der Waals surface area (Å²) in [5.74, 6) is 0.359. The van der Waals surface area contributed by atoms with Crippen LogP contribution >= 0.6 is 0 Å². The molecule has 2 atom stereocenters. The van der Waals surface area contributed by atoms with Crippen molar-refractivity contribution in [2.45, 2.75) is 44.2 Å². The van der Waals surface area contributed by atoms with Crippen LogP contribution < -0.4 is 4.90 Å². The molecule has 21 heavy (non-hydrogen) atoms. The molecule has 0 bridgehead atoms. The van der Waals surface area contributed by atoms with Crippen molar-refractivity contribution in [2.75, 3.05) is 26.2 Å². The lowest BCUT2D eigenvalue weighted by Crippen LogP contribution is -2.39. The molecule has 0 amide bonds. The molecule has 116 valence electrons. The van der Waals surface area contributed by atoms with Crippen molar-refractivity contribution in [3.05, 3.63) is 18.0 Å². The minimum Gasteiger partial charge on any atom is -0.469 e. The molecule has 1 aliphatic rings. The number of carbonyl (C=O) groups is 1. The van der Waals surface area contributed by atoms with Crippen molar-refractivity contribution >= 4 is 11.9 Å². The van der Waals surface area contributed by atoms with Crippen molar-refractivity contribution in [3.8, 4) is 0 Å². The van der Waals surface area contributed by atoms with Crippen molar-refractivity contribution in [2.24, 2.45) is 0 Å². The molecule has 1 fully saturated rings. The molecule has 2 unspecified atom stereocenters. The van der Waals surface area contributed by atoms with Crippen LogP contribution in [0.1, 0.15) is 31.4 Å². The van der Waals surface area contributed by atoms with E-state index >= 15 is 0 Å².